The molecule has 1 N–H and O–H groups in total. The van der Waals surface area contributed by atoms with Crippen molar-refractivity contribution in [3.8, 4) is 22.5 Å². The topological polar surface area (TPSA) is 54.6 Å². The van der Waals surface area contributed by atoms with Crippen LogP contribution in [-0.4, -0.2) is 20.5 Å². The fourth-order valence-electron chi connectivity index (χ4n) is 3.08. The molecule has 0 aliphatic carbocycles. The van der Waals surface area contributed by atoms with Gasteiger partial charge in [0.05, 0.1) is 5.69 Å². The molecule has 0 unspecified atom stereocenters. The van der Waals surface area contributed by atoms with E-state index in [1.807, 2.05) is 60.7 Å². The van der Waals surface area contributed by atoms with Gasteiger partial charge in [-0.25, -0.2) is 9.78 Å². The molecule has 2 aromatic carbocycles. The lowest BCUT2D eigenvalue weighted by Gasteiger charge is -2.06. The molecule has 0 radical (unpaired) electrons. The largest absolute Gasteiger partial charge is 0.476 e. The van der Waals surface area contributed by atoms with E-state index >= 15 is 0 Å². The van der Waals surface area contributed by atoms with E-state index < -0.39 is 5.97 Å². The van der Waals surface area contributed by atoms with Crippen LogP contribution in [-0.2, 0) is 6.42 Å². The smallest absolute Gasteiger partial charge is 0.355 e. The molecule has 0 aliphatic rings. The summed E-state index contributed by atoms with van der Waals surface area (Å²) in [4.78, 5) is 18.6. The maximum atomic E-state index is 12.1. The van der Waals surface area contributed by atoms with Crippen molar-refractivity contribution in [1.29, 1.82) is 0 Å². The van der Waals surface area contributed by atoms with Gasteiger partial charge in [0.25, 0.3) is 0 Å². The Morgan fingerprint density at radius 2 is 1.64 bits per heavy atom. The van der Waals surface area contributed by atoms with Gasteiger partial charge >= 0.3 is 5.97 Å². The molecule has 0 atom stereocenters. The second-order valence-electron chi connectivity index (χ2n) is 5.69. The second kappa shape index (κ2) is 6.18. The molecule has 2 heterocycles. The average molecular weight is 348 g/mol. The fraction of sp³-hybridized carbons (Fsp3) is 0.100. The normalized spacial score (nSPS) is 11.1. The number of imidazole rings is 1. The number of nitrogens with zero attached hydrogens (tertiary/aromatic N) is 2. The van der Waals surface area contributed by atoms with Gasteiger partial charge in [-0.15, -0.1) is 11.3 Å². The molecule has 0 fully saturated rings. The van der Waals surface area contributed by atoms with Gasteiger partial charge in [-0.05, 0) is 12.0 Å². The third-order valence-corrected chi connectivity index (χ3v) is 5.35. The Bertz CT molecular complexity index is 1050. The highest BCUT2D eigenvalue weighted by atomic mass is 32.1. The molecule has 0 aliphatic heterocycles. The number of rotatable bonds is 4. The number of carboxylic acid groups (broad SMARTS) is 1. The molecule has 4 aromatic rings. The van der Waals surface area contributed by atoms with Crippen molar-refractivity contribution in [2.75, 3.05) is 0 Å². The molecule has 0 amide bonds. The minimum atomic E-state index is -0.969. The Morgan fingerprint density at radius 1 is 1.04 bits per heavy atom. The molecule has 2 aromatic heterocycles. The predicted octanol–water partition coefficient (Wildman–Crippen LogP) is 4.99. The molecule has 5 heteroatoms. The van der Waals surface area contributed by atoms with Crippen LogP contribution < -0.4 is 0 Å². The second-order valence-corrected chi connectivity index (χ2v) is 6.75. The van der Waals surface area contributed by atoms with Gasteiger partial charge in [0.15, 0.2) is 10.7 Å². The number of aryl methyl sites for hydroxylation is 1. The Kier molecular flexibility index (Phi) is 3.86. The van der Waals surface area contributed by atoms with Crippen LogP contribution in [0.4, 0.5) is 0 Å². The van der Waals surface area contributed by atoms with E-state index in [2.05, 4.69) is 11.9 Å². The molecular formula is C20H16N2O2S. The van der Waals surface area contributed by atoms with Crippen LogP contribution in [0.5, 0.6) is 0 Å². The van der Waals surface area contributed by atoms with Gasteiger partial charge < -0.3 is 5.11 Å². The van der Waals surface area contributed by atoms with Crippen LogP contribution in [0.2, 0.25) is 0 Å². The molecular weight excluding hydrogens is 332 g/mol. The monoisotopic (exact) mass is 348 g/mol. The van der Waals surface area contributed by atoms with Crippen LogP contribution in [0.15, 0.2) is 60.7 Å². The Morgan fingerprint density at radius 3 is 2.20 bits per heavy atom. The lowest BCUT2D eigenvalue weighted by atomic mass is 10.1. The molecule has 4 nitrogen and oxygen atoms in total. The van der Waals surface area contributed by atoms with E-state index in [1.54, 1.807) is 15.7 Å². The quantitative estimate of drug-likeness (QED) is 0.565. The number of carboxylic acids is 1. The Labute approximate surface area is 149 Å². The lowest BCUT2D eigenvalue weighted by molar-refractivity contribution is 0.0690. The van der Waals surface area contributed by atoms with Crippen molar-refractivity contribution in [1.82, 2.24) is 9.38 Å². The Hall–Kier alpha value is -2.92. The lowest BCUT2D eigenvalue weighted by Crippen LogP contribution is -2.05. The van der Waals surface area contributed by atoms with Crippen LogP contribution >= 0.6 is 11.3 Å². The van der Waals surface area contributed by atoms with Gasteiger partial charge in [-0.1, -0.05) is 67.6 Å². The summed E-state index contributed by atoms with van der Waals surface area (Å²) in [6, 6.07) is 19.4. The van der Waals surface area contributed by atoms with Crippen molar-refractivity contribution in [3.63, 3.8) is 0 Å². The summed E-state index contributed by atoms with van der Waals surface area (Å²) >= 11 is 1.55. The summed E-state index contributed by atoms with van der Waals surface area (Å²) in [6.45, 7) is 2.08. The summed E-state index contributed by atoms with van der Waals surface area (Å²) in [5, 5.41) is 9.91. The first-order valence-corrected chi connectivity index (χ1v) is 8.90. The van der Waals surface area contributed by atoms with Crippen molar-refractivity contribution in [2.45, 2.75) is 13.3 Å². The number of aromatic carboxylic acids is 1. The number of carbonyl (C=O) groups is 1. The van der Waals surface area contributed by atoms with Crippen LogP contribution in [0.1, 0.15) is 22.3 Å². The highest BCUT2D eigenvalue weighted by Crippen LogP contribution is 2.36. The van der Waals surface area contributed by atoms with Gasteiger partial charge in [-0.3, -0.25) is 4.40 Å². The number of hydrogen-bond donors (Lipinski definition) is 1. The van der Waals surface area contributed by atoms with Gasteiger partial charge in [0.1, 0.15) is 5.69 Å². The summed E-state index contributed by atoms with van der Waals surface area (Å²) in [7, 11) is 0. The van der Waals surface area contributed by atoms with Gasteiger partial charge in [0, 0.05) is 10.4 Å². The van der Waals surface area contributed by atoms with Crippen LogP contribution in [0.3, 0.4) is 0 Å². The van der Waals surface area contributed by atoms with Gasteiger partial charge in [0.2, 0.25) is 0 Å². The van der Waals surface area contributed by atoms with E-state index in [-0.39, 0.29) is 5.69 Å². The zero-order valence-electron chi connectivity index (χ0n) is 13.6. The average Bonchev–Trinajstić information content (AvgIpc) is 3.18. The van der Waals surface area contributed by atoms with E-state index in [9.17, 15) is 9.90 Å². The zero-order valence-corrected chi connectivity index (χ0v) is 14.5. The highest BCUT2D eigenvalue weighted by molar-refractivity contribution is 7.17. The molecule has 4 rings (SSSR count). The summed E-state index contributed by atoms with van der Waals surface area (Å²) in [5.74, 6) is -0.969. The number of fused-ring (bicyclic) bond motifs is 1. The minimum Gasteiger partial charge on any atom is -0.476 e. The first-order chi connectivity index (χ1) is 12.2. The van der Waals surface area contributed by atoms with Crippen molar-refractivity contribution in [3.05, 3.63) is 71.2 Å². The maximum absolute atomic E-state index is 12.1. The summed E-state index contributed by atoms with van der Waals surface area (Å²) < 4.78 is 1.80. The zero-order chi connectivity index (χ0) is 17.4. The van der Waals surface area contributed by atoms with Crippen molar-refractivity contribution >= 4 is 22.3 Å². The predicted molar refractivity (Wildman–Crippen MR) is 100 cm³/mol. The van der Waals surface area contributed by atoms with Crippen molar-refractivity contribution < 1.29 is 9.90 Å². The minimum absolute atomic E-state index is 0.219. The SMILES string of the molecule is CCc1sc2nc(-c3ccccc3)c(C(=O)O)n2c1-c1ccccc1. The first-order valence-electron chi connectivity index (χ1n) is 8.09. The molecule has 124 valence electrons. The molecule has 0 saturated heterocycles. The van der Waals surface area contributed by atoms with Gasteiger partial charge in [-0.2, -0.15) is 0 Å². The molecule has 0 saturated carbocycles. The Balaban J connectivity index is 2.08. The third kappa shape index (κ3) is 2.53. The van der Waals surface area contributed by atoms with Crippen LogP contribution in [0, 0.1) is 0 Å². The number of hydrogen-bond acceptors (Lipinski definition) is 3. The summed E-state index contributed by atoms with van der Waals surface area (Å²) in [5.41, 5.74) is 3.48. The van der Waals surface area contributed by atoms with E-state index in [4.69, 9.17) is 0 Å². The number of benzene rings is 2. The molecule has 25 heavy (non-hydrogen) atoms. The van der Waals surface area contributed by atoms with Crippen molar-refractivity contribution in [2.24, 2.45) is 0 Å². The maximum Gasteiger partial charge on any atom is 0.355 e. The van der Waals surface area contributed by atoms with Crippen LogP contribution in [0.25, 0.3) is 27.5 Å². The highest BCUT2D eigenvalue weighted by Gasteiger charge is 2.25. The van der Waals surface area contributed by atoms with E-state index in [0.29, 0.717) is 10.7 Å². The number of thiazole rings is 1. The van der Waals surface area contributed by atoms with E-state index in [0.717, 1.165) is 28.1 Å². The van der Waals surface area contributed by atoms with E-state index in [1.165, 1.54) is 0 Å². The first kappa shape index (κ1) is 15.6. The third-order valence-electron chi connectivity index (χ3n) is 4.17. The molecule has 0 bridgehead atoms. The standard InChI is InChI=1S/C20H16N2O2S/c1-2-15-17(14-11-7-4-8-12-14)22-18(19(23)24)16(21-20(22)25-15)13-9-5-3-6-10-13/h3-12H,2H2,1H3,(H,23,24). The molecule has 0 spiro atoms. The summed E-state index contributed by atoms with van der Waals surface area (Å²) in [6.07, 6.45) is 0.831. The number of aromatic nitrogens is 2. The fourth-order valence-corrected chi connectivity index (χ4v) is 4.16.